The van der Waals surface area contributed by atoms with Gasteiger partial charge in [-0.3, -0.25) is 5.43 Å². The van der Waals surface area contributed by atoms with E-state index in [1.54, 1.807) is 0 Å². The van der Waals surface area contributed by atoms with Gasteiger partial charge >= 0.3 is 0 Å². The van der Waals surface area contributed by atoms with Crippen LogP contribution in [-0.4, -0.2) is 19.3 Å². The molecule has 0 spiro atoms. The molecule has 7 heteroatoms. The molecule has 0 radical (unpaired) electrons. The number of nitrogens with two attached hydrogens (primary N) is 1. The summed E-state index contributed by atoms with van der Waals surface area (Å²) in [5, 5.41) is -0.0897. The number of rotatable bonds is 5. The first-order chi connectivity index (χ1) is 5.83. The molecule has 0 amide bonds. The summed E-state index contributed by atoms with van der Waals surface area (Å²) in [6.45, 7) is 3.91. The van der Waals surface area contributed by atoms with Gasteiger partial charge in [-0.25, -0.2) is 8.42 Å². The molecule has 0 aromatic carbocycles. The molecule has 0 aliphatic carbocycles. The second-order valence-electron chi connectivity index (χ2n) is 3.09. The van der Waals surface area contributed by atoms with E-state index in [9.17, 15) is 8.42 Å². The molecule has 78 valence electrons. The SMILES string of the molecule is CC(C)CCS(=O)(=O)NNC(N)=S. The molecule has 0 aliphatic rings. The Morgan fingerprint density at radius 3 is 2.46 bits per heavy atom. The van der Waals surface area contributed by atoms with Gasteiger partial charge in [0.15, 0.2) is 5.11 Å². The van der Waals surface area contributed by atoms with E-state index in [1.165, 1.54) is 0 Å². The van der Waals surface area contributed by atoms with Gasteiger partial charge in [0.1, 0.15) is 0 Å². The molecule has 0 unspecified atom stereocenters. The predicted octanol–water partition coefficient (Wildman–Crippen LogP) is -0.300. The molecule has 0 aromatic heterocycles. The maximum Gasteiger partial charge on any atom is 0.228 e. The molecule has 0 bridgehead atoms. The lowest BCUT2D eigenvalue weighted by atomic mass is 10.2. The number of sulfonamides is 1. The number of nitrogens with one attached hydrogen (secondary N) is 2. The lowest BCUT2D eigenvalue weighted by molar-refractivity contribution is 0.558. The van der Waals surface area contributed by atoms with Crippen LogP contribution in [0.5, 0.6) is 0 Å². The minimum atomic E-state index is -3.30. The standard InChI is InChI=1S/C6H15N3O2S2/c1-5(2)3-4-13(10,11)9-8-6(7)12/h5,9H,3-4H2,1-2H3,(H3,7,8,12). The van der Waals surface area contributed by atoms with Gasteiger partial charge in [-0.15, -0.1) is 4.83 Å². The van der Waals surface area contributed by atoms with Crippen molar-refractivity contribution in [3.05, 3.63) is 0 Å². The number of hydrazine groups is 1. The molecule has 0 aliphatic heterocycles. The van der Waals surface area contributed by atoms with Crippen LogP contribution in [0.4, 0.5) is 0 Å². The molecular formula is C6H15N3O2S2. The quantitative estimate of drug-likeness (QED) is 0.442. The van der Waals surface area contributed by atoms with E-state index in [0.717, 1.165) is 0 Å². The molecule has 0 aromatic rings. The predicted molar refractivity (Wildman–Crippen MR) is 56.3 cm³/mol. The van der Waals surface area contributed by atoms with Gasteiger partial charge in [-0.2, -0.15) is 0 Å². The summed E-state index contributed by atoms with van der Waals surface area (Å²) < 4.78 is 22.3. The Labute approximate surface area is 84.1 Å². The van der Waals surface area contributed by atoms with Gasteiger partial charge in [-0.1, -0.05) is 13.8 Å². The zero-order chi connectivity index (χ0) is 10.5. The van der Waals surface area contributed by atoms with Crippen molar-refractivity contribution in [3.63, 3.8) is 0 Å². The van der Waals surface area contributed by atoms with Crippen LogP contribution in [0.25, 0.3) is 0 Å². The largest absolute Gasteiger partial charge is 0.375 e. The van der Waals surface area contributed by atoms with E-state index < -0.39 is 10.0 Å². The first-order valence-corrected chi connectivity index (χ1v) is 5.94. The molecule has 0 rings (SSSR count). The first-order valence-electron chi connectivity index (χ1n) is 3.88. The van der Waals surface area contributed by atoms with Crippen molar-refractivity contribution in [2.75, 3.05) is 5.75 Å². The van der Waals surface area contributed by atoms with Gasteiger partial charge in [0.25, 0.3) is 0 Å². The lowest BCUT2D eigenvalue weighted by Gasteiger charge is -2.08. The Hall–Kier alpha value is -0.400. The molecule has 0 heterocycles. The molecule has 13 heavy (non-hydrogen) atoms. The normalized spacial score (nSPS) is 11.6. The highest BCUT2D eigenvalue weighted by Gasteiger charge is 2.10. The van der Waals surface area contributed by atoms with E-state index in [2.05, 4.69) is 22.5 Å². The van der Waals surface area contributed by atoms with E-state index in [-0.39, 0.29) is 10.9 Å². The van der Waals surface area contributed by atoms with Crippen LogP contribution in [0.15, 0.2) is 0 Å². The zero-order valence-electron chi connectivity index (χ0n) is 7.70. The van der Waals surface area contributed by atoms with Gasteiger partial charge in [-0.05, 0) is 24.6 Å². The average Bonchev–Trinajstić information content (AvgIpc) is 1.98. The fourth-order valence-corrected chi connectivity index (χ4v) is 1.83. The fourth-order valence-electron chi connectivity index (χ4n) is 0.570. The summed E-state index contributed by atoms with van der Waals surface area (Å²) in [5.74, 6) is 0.418. The minimum Gasteiger partial charge on any atom is -0.375 e. The summed E-state index contributed by atoms with van der Waals surface area (Å²) in [6.07, 6.45) is 0.606. The monoisotopic (exact) mass is 225 g/mol. The third-order valence-corrected chi connectivity index (χ3v) is 2.58. The van der Waals surface area contributed by atoms with Crippen LogP contribution >= 0.6 is 12.2 Å². The summed E-state index contributed by atoms with van der Waals surface area (Å²) in [7, 11) is -3.30. The van der Waals surface area contributed by atoms with Crippen molar-refractivity contribution in [1.82, 2.24) is 10.3 Å². The van der Waals surface area contributed by atoms with Crippen LogP contribution in [0, 0.1) is 5.92 Å². The summed E-state index contributed by atoms with van der Waals surface area (Å²) in [5.41, 5.74) is 7.23. The third kappa shape index (κ3) is 7.94. The zero-order valence-corrected chi connectivity index (χ0v) is 9.33. The highest BCUT2D eigenvalue weighted by Crippen LogP contribution is 2.00. The van der Waals surface area contributed by atoms with Crippen molar-refractivity contribution in [3.8, 4) is 0 Å². The van der Waals surface area contributed by atoms with Crippen molar-refractivity contribution in [1.29, 1.82) is 0 Å². The Bertz CT molecular complexity index is 261. The molecular weight excluding hydrogens is 210 g/mol. The lowest BCUT2D eigenvalue weighted by Crippen LogP contribution is -2.45. The van der Waals surface area contributed by atoms with Gasteiger partial charge in [0.05, 0.1) is 5.75 Å². The second kappa shape index (κ2) is 5.36. The average molecular weight is 225 g/mol. The number of hydrogen-bond donors (Lipinski definition) is 3. The van der Waals surface area contributed by atoms with Crippen LogP contribution < -0.4 is 16.0 Å². The van der Waals surface area contributed by atoms with Gasteiger partial charge in [0, 0.05) is 0 Å². The van der Waals surface area contributed by atoms with E-state index in [1.807, 2.05) is 13.8 Å². The minimum absolute atomic E-state index is 0.0697. The Morgan fingerprint density at radius 1 is 1.54 bits per heavy atom. The summed E-state index contributed by atoms with van der Waals surface area (Å²) in [6, 6.07) is 0. The smallest absolute Gasteiger partial charge is 0.228 e. The van der Waals surface area contributed by atoms with Crippen molar-refractivity contribution in [2.45, 2.75) is 20.3 Å². The highest BCUT2D eigenvalue weighted by atomic mass is 32.2. The van der Waals surface area contributed by atoms with Crippen molar-refractivity contribution >= 4 is 27.4 Å². The van der Waals surface area contributed by atoms with E-state index in [4.69, 9.17) is 5.73 Å². The first kappa shape index (κ1) is 12.6. The topological polar surface area (TPSA) is 84.2 Å². The molecule has 0 saturated carbocycles. The molecule has 0 saturated heterocycles. The van der Waals surface area contributed by atoms with Crippen LogP contribution in [0.3, 0.4) is 0 Å². The molecule has 0 fully saturated rings. The van der Waals surface area contributed by atoms with Gasteiger partial charge < -0.3 is 5.73 Å². The Morgan fingerprint density at radius 2 is 2.08 bits per heavy atom. The maximum atomic E-state index is 11.2. The summed E-state index contributed by atoms with van der Waals surface area (Å²) >= 11 is 4.44. The van der Waals surface area contributed by atoms with Crippen LogP contribution in [-0.2, 0) is 10.0 Å². The molecule has 5 nitrogen and oxygen atoms in total. The Balaban J connectivity index is 3.88. The molecule has 0 atom stereocenters. The Kier molecular flexibility index (Phi) is 5.19. The number of thiocarbonyl (C=S) groups is 1. The van der Waals surface area contributed by atoms with Crippen LogP contribution in [0.1, 0.15) is 20.3 Å². The highest BCUT2D eigenvalue weighted by molar-refractivity contribution is 7.89. The molecule has 4 N–H and O–H groups in total. The van der Waals surface area contributed by atoms with Crippen molar-refractivity contribution < 1.29 is 8.42 Å². The maximum absolute atomic E-state index is 11.2. The number of hydrogen-bond acceptors (Lipinski definition) is 3. The van der Waals surface area contributed by atoms with E-state index >= 15 is 0 Å². The second-order valence-corrected chi connectivity index (χ2v) is 5.37. The van der Waals surface area contributed by atoms with Crippen LogP contribution in [0.2, 0.25) is 0 Å². The third-order valence-electron chi connectivity index (χ3n) is 1.29. The summed E-state index contributed by atoms with van der Waals surface area (Å²) in [4.78, 5) is 2.07. The van der Waals surface area contributed by atoms with Gasteiger partial charge in [0.2, 0.25) is 10.0 Å². The van der Waals surface area contributed by atoms with E-state index in [0.29, 0.717) is 12.3 Å². The fraction of sp³-hybridized carbons (Fsp3) is 0.833. The van der Waals surface area contributed by atoms with Crippen molar-refractivity contribution in [2.24, 2.45) is 11.7 Å².